The molecule has 3 nitrogen and oxygen atoms in total. The number of alkyl halides is 9. The quantitative estimate of drug-likeness (QED) is 0.234. The summed E-state index contributed by atoms with van der Waals surface area (Å²) in [6.07, 6.45) is -2.31. The molecule has 0 spiro atoms. The molecule has 0 N–H and O–H groups in total. The first-order valence-corrected chi connectivity index (χ1v) is 13.9. The van der Waals surface area contributed by atoms with Crippen LogP contribution >= 0.6 is 0 Å². The Hall–Kier alpha value is -1.55. The molecule has 0 amide bonds. The molecule has 0 radical (unpaired) electrons. The van der Waals surface area contributed by atoms with Crippen LogP contribution in [0.2, 0.25) is 0 Å². The lowest BCUT2D eigenvalue weighted by atomic mass is 10.1. The first-order valence-electron chi connectivity index (χ1n) is 10.3. The van der Waals surface area contributed by atoms with Gasteiger partial charge in [-0.05, 0) is 48.2 Å². The molecule has 0 unspecified atom stereocenters. The summed E-state index contributed by atoms with van der Waals surface area (Å²) < 4.78 is 138. The van der Waals surface area contributed by atoms with Crippen molar-refractivity contribution in [1.29, 1.82) is 0 Å². The van der Waals surface area contributed by atoms with Gasteiger partial charge in [0.25, 0.3) is 0 Å². The van der Waals surface area contributed by atoms with Crippen molar-refractivity contribution in [3.8, 4) is 0 Å². The minimum atomic E-state index is -7.43. The van der Waals surface area contributed by atoms with E-state index in [9.17, 15) is 52.5 Å². The van der Waals surface area contributed by atoms with Crippen LogP contribution in [0.1, 0.15) is 37.8 Å². The molecule has 0 saturated heterocycles. The van der Waals surface area contributed by atoms with Crippen molar-refractivity contribution in [2.75, 3.05) is 0 Å². The molecule has 0 atom stereocenters. The summed E-state index contributed by atoms with van der Waals surface area (Å²) >= 11 is -0.0164. The van der Waals surface area contributed by atoms with Crippen LogP contribution in [0.25, 0.3) is 0 Å². The van der Waals surface area contributed by atoms with E-state index in [1.165, 1.54) is 44.0 Å². The second kappa shape index (κ2) is 12.3. The standard InChI is InChI=1S/C18H22I.C4HF9O3S/c1-3-5-15-7-11-17(12-8-15)19-18-13-9-16(6-4-2)10-14-18;5-1(6,3(9,10)11)2(7,8)4(12,13)17(14,15)16/h7-14H,3-6H2,1-2H3;(H,14,15,16)/q+1;/p-1. The maximum absolute atomic E-state index is 12.2. The molecule has 0 aliphatic carbocycles. The van der Waals surface area contributed by atoms with Crippen LogP contribution in [0.5, 0.6) is 0 Å². The number of rotatable bonds is 9. The van der Waals surface area contributed by atoms with E-state index >= 15 is 0 Å². The van der Waals surface area contributed by atoms with Crippen LogP contribution in [-0.4, -0.2) is 36.2 Å². The van der Waals surface area contributed by atoms with E-state index in [1.54, 1.807) is 0 Å². The highest BCUT2D eigenvalue weighted by Gasteiger charge is 2.83. The second-order valence-electron chi connectivity index (χ2n) is 7.46. The van der Waals surface area contributed by atoms with Gasteiger partial charge in [0.2, 0.25) is 0 Å². The van der Waals surface area contributed by atoms with Gasteiger partial charge in [-0.1, -0.05) is 51.0 Å². The summed E-state index contributed by atoms with van der Waals surface area (Å²) in [6.45, 7) is 4.47. The predicted molar refractivity (Wildman–Crippen MR) is 109 cm³/mol. The fourth-order valence-electron chi connectivity index (χ4n) is 2.65. The summed E-state index contributed by atoms with van der Waals surface area (Å²) in [5.74, 6) is -14.8. The molecule has 14 heteroatoms. The first-order chi connectivity index (χ1) is 16.3. The molecular formula is C22H22F9IO3S. The Bertz CT molecular complexity index is 1020. The van der Waals surface area contributed by atoms with Crippen molar-refractivity contribution >= 4 is 10.1 Å². The number of hydrogen-bond acceptors (Lipinski definition) is 3. The third-order valence-corrected chi connectivity index (χ3v) is 8.12. The van der Waals surface area contributed by atoms with Gasteiger partial charge < -0.3 is 4.55 Å². The Labute approximate surface area is 213 Å². The van der Waals surface area contributed by atoms with Gasteiger partial charge in [0, 0.05) is 0 Å². The Balaban J connectivity index is 0.000000363. The summed E-state index contributed by atoms with van der Waals surface area (Å²) in [6, 6.07) is 18.5. The molecule has 0 saturated carbocycles. The van der Waals surface area contributed by atoms with Crippen LogP contribution in [0, 0.1) is 7.14 Å². The zero-order valence-electron chi connectivity index (χ0n) is 18.9. The van der Waals surface area contributed by atoms with E-state index in [1.807, 2.05) is 0 Å². The van der Waals surface area contributed by atoms with Gasteiger partial charge in [0.05, 0.1) is 0 Å². The van der Waals surface area contributed by atoms with Crippen LogP contribution < -0.4 is 21.2 Å². The fraction of sp³-hybridized carbons (Fsp3) is 0.455. The molecule has 0 heterocycles. The molecule has 2 rings (SSSR count). The van der Waals surface area contributed by atoms with E-state index in [0.717, 1.165) is 0 Å². The highest BCUT2D eigenvalue weighted by molar-refractivity contribution is 7.86. The molecule has 0 aliphatic heterocycles. The summed E-state index contributed by atoms with van der Waals surface area (Å²) in [5.41, 5.74) is 2.93. The summed E-state index contributed by atoms with van der Waals surface area (Å²) in [4.78, 5) is 0. The van der Waals surface area contributed by atoms with Gasteiger partial charge in [0.1, 0.15) is 0 Å². The maximum Gasteiger partial charge on any atom is 0.460 e. The molecule has 36 heavy (non-hydrogen) atoms. The van der Waals surface area contributed by atoms with Gasteiger partial charge in [-0.15, -0.1) is 0 Å². The van der Waals surface area contributed by atoms with Crippen molar-refractivity contribution in [3.63, 3.8) is 0 Å². The van der Waals surface area contributed by atoms with E-state index < -0.39 is 33.4 Å². The highest BCUT2D eigenvalue weighted by Crippen LogP contribution is 2.54. The molecule has 2 aromatic rings. The number of benzene rings is 2. The van der Waals surface area contributed by atoms with E-state index in [4.69, 9.17) is 0 Å². The van der Waals surface area contributed by atoms with Crippen molar-refractivity contribution in [2.24, 2.45) is 0 Å². The molecule has 0 bridgehead atoms. The topological polar surface area (TPSA) is 57.2 Å². The number of aryl methyl sites for hydroxylation is 2. The monoisotopic (exact) mass is 664 g/mol. The second-order valence-corrected chi connectivity index (χ2v) is 11.9. The third kappa shape index (κ3) is 7.73. The first kappa shape index (κ1) is 32.5. The van der Waals surface area contributed by atoms with Gasteiger partial charge in [-0.3, -0.25) is 0 Å². The van der Waals surface area contributed by atoms with Gasteiger partial charge in [-0.2, -0.15) is 39.5 Å². The van der Waals surface area contributed by atoms with Crippen molar-refractivity contribution in [3.05, 3.63) is 66.8 Å². The van der Waals surface area contributed by atoms with Gasteiger partial charge in [-0.25, -0.2) is 8.42 Å². The van der Waals surface area contributed by atoms with Crippen molar-refractivity contribution in [2.45, 2.75) is 62.8 Å². The number of hydrogen-bond donors (Lipinski definition) is 0. The normalized spacial score (nSPS) is 13.2. The highest BCUT2D eigenvalue weighted by atomic mass is 127. The van der Waals surface area contributed by atoms with Gasteiger partial charge >= 0.3 is 44.5 Å². The number of halogens is 10. The molecule has 0 aromatic heterocycles. The third-order valence-electron chi connectivity index (χ3n) is 4.55. The Kier molecular flexibility index (Phi) is 11.1. The average Bonchev–Trinajstić information content (AvgIpc) is 2.75. The largest absolute Gasteiger partial charge is 0.743 e. The predicted octanol–water partition coefficient (Wildman–Crippen LogP) is 3.68. The van der Waals surface area contributed by atoms with E-state index in [-0.39, 0.29) is 21.2 Å². The van der Waals surface area contributed by atoms with E-state index in [0.29, 0.717) is 0 Å². The molecular weight excluding hydrogens is 642 g/mol. The van der Waals surface area contributed by atoms with Crippen LogP contribution in [-0.2, 0) is 23.0 Å². The molecule has 2 aromatic carbocycles. The SMILES string of the molecule is CCCc1ccc([I+]c2ccc(CCC)cc2)cc1.O=S(=O)([O-])C(F)(F)C(F)(F)C(F)(F)C(F)(F)F. The lowest BCUT2D eigenvalue weighted by Gasteiger charge is -2.34. The Morgan fingerprint density at radius 3 is 1.25 bits per heavy atom. The van der Waals surface area contributed by atoms with E-state index in [2.05, 4.69) is 62.4 Å². The summed E-state index contributed by atoms with van der Waals surface area (Å²) in [5, 5.41) is -7.11. The molecule has 204 valence electrons. The fourth-order valence-corrected chi connectivity index (χ4v) is 5.25. The van der Waals surface area contributed by atoms with Crippen molar-refractivity contribution < 1.29 is 73.7 Å². The summed E-state index contributed by atoms with van der Waals surface area (Å²) in [7, 11) is -7.42. The maximum atomic E-state index is 12.2. The zero-order valence-corrected chi connectivity index (χ0v) is 21.8. The minimum Gasteiger partial charge on any atom is -0.743 e. The lowest BCUT2D eigenvalue weighted by molar-refractivity contribution is -0.597. The molecule has 0 aliphatic rings. The van der Waals surface area contributed by atoms with Crippen LogP contribution in [0.4, 0.5) is 39.5 Å². The smallest absolute Gasteiger partial charge is 0.460 e. The molecule has 0 fully saturated rings. The Morgan fingerprint density at radius 2 is 1.00 bits per heavy atom. The average molecular weight is 664 g/mol. The lowest BCUT2D eigenvalue weighted by Crippen LogP contribution is -3.61. The zero-order chi connectivity index (χ0) is 28.0. The Morgan fingerprint density at radius 1 is 0.667 bits per heavy atom. The van der Waals surface area contributed by atoms with Crippen LogP contribution in [0.15, 0.2) is 48.5 Å². The van der Waals surface area contributed by atoms with Gasteiger partial charge in [0.15, 0.2) is 17.3 Å². The minimum absolute atomic E-state index is 0.0164. The van der Waals surface area contributed by atoms with Crippen LogP contribution in [0.3, 0.4) is 0 Å². The van der Waals surface area contributed by atoms with Crippen molar-refractivity contribution in [1.82, 2.24) is 0 Å².